The van der Waals surface area contributed by atoms with Crippen molar-refractivity contribution in [3.8, 4) is 6.07 Å². The molecule has 6 heteroatoms. The van der Waals surface area contributed by atoms with Gasteiger partial charge in [0.2, 0.25) is 0 Å². The van der Waals surface area contributed by atoms with Crippen LogP contribution in [-0.4, -0.2) is 29.8 Å². The average Bonchev–Trinajstić information content (AvgIpc) is 2.99. The molecule has 0 aliphatic carbocycles. The van der Waals surface area contributed by atoms with Crippen molar-refractivity contribution in [3.05, 3.63) is 70.4 Å². The number of hydrogen-bond donors (Lipinski definition) is 0. The molecule has 4 rings (SSSR count). The molecule has 0 saturated carbocycles. The standard InChI is InChI=1S/C23H20ClN3O2/c1-15-10-12-26(13-11-15)21-20(17-4-6-18(24)7-5-17)22(28)27(23(21)29)19-8-2-16(14-25)3-9-19/h2-9,15H,10-13H2,1H3. The van der Waals surface area contributed by atoms with Gasteiger partial charge in [-0.2, -0.15) is 5.26 Å². The van der Waals surface area contributed by atoms with Crippen molar-refractivity contribution in [1.29, 1.82) is 5.26 Å². The quantitative estimate of drug-likeness (QED) is 0.717. The number of likely N-dealkylation sites (tertiary alicyclic amines) is 1. The normalized spacial score (nSPS) is 17.8. The Balaban J connectivity index is 1.79. The molecule has 2 aliphatic rings. The van der Waals surface area contributed by atoms with Gasteiger partial charge in [-0.3, -0.25) is 9.59 Å². The van der Waals surface area contributed by atoms with E-state index < -0.39 is 0 Å². The molecule has 1 fully saturated rings. The maximum Gasteiger partial charge on any atom is 0.282 e. The molecule has 0 spiro atoms. The summed E-state index contributed by atoms with van der Waals surface area (Å²) in [6.45, 7) is 3.69. The van der Waals surface area contributed by atoms with E-state index in [0.717, 1.165) is 25.9 Å². The summed E-state index contributed by atoms with van der Waals surface area (Å²) in [7, 11) is 0. The molecule has 2 heterocycles. The number of carbonyl (C=O) groups excluding carboxylic acids is 2. The number of imide groups is 1. The Hall–Kier alpha value is -3.10. The predicted octanol–water partition coefficient (Wildman–Crippen LogP) is 4.23. The van der Waals surface area contributed by atoms with Gasteiger partial charge in [0.15, 0.2) is 0 Å². The second kappa shape index (κ2) is 7.73. The fourth-order valence-electron chi connectivity index (χ4n) is 3.84. The number of carbonyl (C=O) groups is 2. The molecule has 0 atom stereocenters. The van der Waals surface area contributed by atoms with Crippen LogP contribution in [0, 0.1) is 17.2 Å². The van der Waals surface area contributed by atoms with Gasteiger partial charge in [-0.25, -0.2) is 4.90 Å². The van der Waals surface area contributed by atoms with Gasteiger partial charge in [-0.15, -0.1) is 0 Å². The summed E-state index contributed by atoms with van der Waals surface area (Å²) in [4.78, 5) is 30.1. The van der Waals surface area contributed by atoms with Crippen LogP contribution in [0.15, 0.2) is 54.2 Å². The van der Waals surface area contributed by atoms with Crippen LogP contribution in [-0.2, 0) is 9.59 Å². The molecule has 2 aromatic carbocycles. The number of amides is 2. The fourth-order valence-corrected chi connectivity index (χ4v) is 3.97. The Kier molecular flexibility index (Phi) is 5.12. The minimum absolute atomic E-state index is 0.320. The Labute approximate surface area is 174 Å². The van der Waals surface area contributed by atoms with E-state index in [4.69, 9.17) is 16.9 Å². The summed E-state index contributed by atoms with van der Waals surface area (Å²) < 4.78 is 0. The number of halogens is 1. The van der Waals surface area contributed by atoms with E-state index in [2.05, 4.69) is 13.0 Å². The lowest BCUT2D eigenvalue weighted by Crippen LogP contribution is -2.38. The number of anilines is 1. The summed E-state index contributed by atoms with van der Waals surface area (Å²) >= 11 is 6.02. The number of piperidine rings is 1. The van der Waals surface area contributed by atoms with E-state index in [1.165, 1.54) is 4.90 Å². The number of hydrogen-bond acceptors (Lipinski definition) is 4. The zero-order valence-corrected chi connectivity index (χ0v) is 16.8. The van der Waals surface area contributed by atoms with Crippen molar-refractivity contribution in [3.63, 3.8) is 0 Å². The highest BCUT2D eigenvalue weighted by molar-refractivity contribution is 6.45. The molecule has 0 unspecified atom stereocenters. The Morgan fingerprint density at radius 1 is 0.966 bits per heavy atom. The number of rotatable bonds is 3. The molecule has 0 bridgehead atoms. The van der Waals surface area contributed by atoms with E-state index in [0.29, 0.717) is 39.0 Å². The smallest absolute Gasteiger partial charge is 0.282 e. The van der Waals surface area contributed by atoms with Crippen LogP contribution in [0.25, 0.3) is 5.57 Å². The molecule has 0 aromatic heterocycles. The average molecular weight is 406 g/mol. The summed E-state index contributed by atoms with van der Waals surface area (Å²) in [5, 5.41) is 9.59. The third-order valence-electron chi connectivity index (χ3n) is 5.55. The van der Waals surface area contributed by atoms with Gasteiger partial charge in [0.05, 0.1) is 22.9 Å². The van der Waals surface area contributed by atoms with Crippen LogP contribution in [0.2, 0.25) is 5.02 Å². The third-order valence-corrected chi connectivity index (χ3v) is 5.80. The molecular weight excluding hydrogens is 386 g/mol. The van der Waals surface area contributed by atoms with Crippen molar-refractivity contribution < 1.29 is 9.59 Å². The molecule has 0 radical (unpaired) electrons. The first kappa shape index (κ1) is 19.2. The second-order valence-corrected chi connectivity index (χ2v) is 7.94. The van der Waals surface area contributed by atoms with Crippen molar-refractivity contribution >= 4 is 34.7 Å². The number of nitrogens with zero attached hydrogens (tertiary/aromatic N) is 3. The van der Waals surface area contributed by atoms with Crippen LogP contribution < -0.4 is 4.90 Å². The van der Waals surface area contributed by atoms with Crippen molar-refractivity contribution in [2.45, 2.75) is 19.8 Å². The molecule has 2 aliphatic heterocycles. The summed E-state index contributed by atoms with van der Waals surface area (Å²) in [5.74, 6) is -0.0671. The van der Waals surface area contributed by atoms with E-state index in [1.807, 2.05) is 4.90 Å². The zero-order valence-electron chi connectivity index (χ0n) is 16.1. The molecule has 146 valence electrons. The van der Waals surface area contributed by atoms with Gasteiger partial charge in [0.25, 0.3) is 11.8 Å². The van der Waals surface area contributed by atoms with E-state index in [9.17, 15) is 9.59 Å². The third kappa shape index (κ3) is 3.52. The first-order valence-corrected chi connectivity index (χ1v) is 10.0. The predicted molar refractivity (Wildman–Crippen MR) is 112 cm³/mol. The topological polar surface area (TPSA) is 64.4 Å². The van der Waals surface area contributed by atoms with Gasteiger partial charge in [-0.05, 0) is 60.7 Å². The second-order valence-electron chi connectivity index (χ2n) is 7.50. The molecule has 5 nitrogen and oxygen atoms in total. The Morgan fingerprint density at radius 2 is 1.59 bits per heavy atom. The molecular formula is C23H20ClN3O2. The van der Waals surface area contributed by atoms with Crippen molar-refractivity contribution in [2.24, 2.45) is 5.92 Å². The van der Waals surface area contributed by atoms with E-state index in [1.54, 1.807) is 48.5 Å². The minimum atomic E-state index is -0.351. The molecule has 29 heavy (non-hydrogen) atoms. The largest absolute Gasteiger partial charge is 0.366 e. The number of nitriles is 1. The lowest BCUT2D eigenvalue weighted by atomic mass is 9.97. The summed E-state index contributed by atoms with van der Waals surface area (Å²) in [6.07, 6.45) is 1.96. The molecule has 0 N–H and O–H groups in total. The maximum absolute atomic E-state index is 13.4. The van der Waals surface area contributed by atoms with Gasteiger partial charge in [0, 0.05) is 18.1 Å². The Bertz CT molecular complexity index is 1030. The van der Waals surface area contributed by atoms with E-state index >= 15 is 0 Å². The Morgan fingerprint density at radius 3 is 2.17 bits per heavy atom. The first-order valence-electron chi connectivity index (χ1n) is 9.63. The first-order chi connectivity index (χ1) is 14.0. The van der Waals surface area contributed by atoms with Crippen LogP contribution in [0.3, 0.4) is 0 Å². The lowest BCUT2D eigenvalue weighted by molar-refractivity contribution is -0.120. The highest BCUT2D eigenvalue weighted by Crippen LogP contribution is 2.36. The lowest BCUT2D eigenvalue weighted by Gasteiger charge is -2.32. The van der Waals surface area contributed by atoms with E-state index in [-0.39, 0.29) is 11.8 Å². The highest BCUT2D eigenvalue weighted by atomic mass is 35.5. The van der Waals surface area contributed by atoms with Crippen molar-refractivity contribution in [1.82, 2.24) is 4.90 Å². The fraction of sp³-hybridized carbons (Fsp3) is 0.261. The molecule has 2 amide bonds. The summed E-state index contributed by atoms with van der Waals surface area (Å²) in [6, 6.07) is 15.5. The van der Waals surface area contributed by atoms with Gasteiger partial charge in [0.1, 0.15) is 5.70 Å². The van der Waals surface area contributed by atoms with Crippen LogP contribution >= 0.6 is 11.6 Å². The van der Waals surface area contributed by atoms with Crippen LogP contribution in [0.5, 0.6) is 0 Å². The van der Waals surface area contributed by atoms with Crippen LogP contribution in [0.1, 0.15) is 30.9 Å². The molecule has 1 saturated heterocycles. The summed E-state index contributed by atoms with van der Waals surface area (Å²) in [5.41, 5.74) is 2.48. The minimum Gasteiger partial charge on any atom is -0.366 e. The van der Waals surface area contributed by atoms with Gasteiger partial charge >= 0.3 is 0 Å². The van der Waals surface area contributed by atoms with Gasteiger partial charge < -0.3 is 4.90 Å². The SMILES string of the molecule is CC1CCN(C2=C(c3ccc(Cl)cc3)C(=O)N(c3ccc(C#N)cc3)C2=O)CC1. The highest BCUT2D eigenvalue weighted by Gasteiger charge is 2.42. The molecule has 2 aromatic rings. The number of benzene rings is 2. The van der Waals surface area contributed by atoms with Crippen LogP contribution in [0.4, 0.5) is 5.69 Å². The monoisotopic (exact) mass is 405 g/mol. The maximum atomic E-state index is 13.4. The zero-order chi connectivity index (χ0) is 20.5. The van der Waals surface area contributed by atoms with Gasteiger partial charge in [-0.1, -0.05) is 30.7 Å². The van der Waals surface area contributed by atoms with Crippen molar-refractivity contribution in [2.75, 3.05) is 18.0 Å².